The van der Waals surface area contributed by atoms with Crippen LogP contribution in [0.4, 0.5) is 10.1 Å². The molecule has 1 fully saturated rings. The first-order chi connectivity index (χ1) is 9.15. The first-order valence-electron chi connectivity index (χ1n) is 6.85. The third kappa shape index (κ3) is 3.13. The average Bonchev–Trinajstić information content (AvgIpc) is 2.60. The van der Waals surface area contributed by atoms with Crippen LogP contribution < -0.4 is 4.90 Å². The van der Waals surface area contributed by atoms with Gasteiger partial charge in [-0.3, -0.25) is 4.79 Å². The predicted molar refractivity (Wildman–Crippen MR) is 75.3 cm³/mol. The number of anilines is 1. The number of likely N-dealkylation sites (N-methyl/N-ethyl adjacent to an activating group) is 1. The first kappa shape index (κ1) is 14.0. The SMILES string of the molecule is CCC1CN(C)CCCN1c1ccc(C=O)cc1F. The Kier molecular flexibility index (Phi) is 4.53. The smallest absolute Gasteiger partial charge is 0.150 e. The number of benzene rings is 1. The highest BCUT2D eigenvalue weighted by Gasteiger charge is 2.24. The molecule has 1 unspecified atom stereocenters. The second kappa shape index (κ2) is 6.15. The predicted octanol–water partition coefficient (Wildman–Crippen LogP) is 2.56. The largest absolute Gasteiger partial charge is 0.365 e. The van der Waals surface area contributed by atoms with E-state index in [2.05, 4.69) is 23.8 Å². The molecule has 0 amide bonds. The minimum absolute atomic E-state index is 0.299. The Balaban J connectivity index is 2.29. The van der Waals surface area contributed by atoms with Crippen LogP contribution in [0.3, 0.4) is 0 Å². The van der Waals surface area contributed by atoms with E-state index >= 15 is 0 Å². The van der Waals surface area contributed by atoms with E-state index in [4.69, 9.17) is 0 Å². The van der Waals surface area contributed by atoms with Crippen LogP contribution in [0.2, 0.25) is 0 Å². The van der Waals surface area contributed by atoms with E-state index < -0.39 is 0 Å². The molecule has 1 aromatic carbocycles. The average molecular weight is 264 g/mol. The van der Waals surface area contributed by atoms with E-state index in [0.29, 0.717) is 23.6 Å². The molecule has 1 aliphatic heterocycles. The summed E-state index contributed by atoms with van der Waals surface area (Å²) < 4.78 is 14.1. The molecule has 0 aromatic heterocycles. The van der Waals surface area contributed by atoms with Crippen molar-refractivity contribution >= 4 is 12.0 Å². The highest BCUT2D eigenvalue weighted by atomic mass is 19.1. The van der Waals surface area contributed by atoms with Gasteiger partial charge in [-0.1, -0.05) is 6.92 Å². The summed E-state index contributed by atoms with van der Waals surface area (Å²) in [6, 6.07) is 5.06. The lowest BCUT2D eigenvalue weighted by Crippen LogP contribution is -2.40. The minimum Gasteiger partial charge on any atom is -0.365 e. The van der Waals surface area contributed by atoms with Crippen molar-refractivity contribution in [2.75, 3.05) is 31.6 Å². The molecule has 1 aromatic rings. The first-order valence-corrected chi connectivity index (χ1v) is 6.85. The van der Waals surface area contributed by atoms with E-state index in [-0.39, 0.29) is 5.82 Å². The number of hydrogen-bond acceptors (Lipinski definition) is 3. The third-order valence-corrected chi connectivity index (χ3v) is 3.79. The minimum atomic E-state index is -0.299. The number of halogens is 1. The lowest BCUT2D eigenvalue weighted by molar-refractivity contribution is 0.112. The zero-order chi connectivity index (χ0) is 13.8. The monoisotopic (exact) mass is 264 g/mol. The van der Waals surface area contributed by atoms with Gasteiger partial charge in [-0.2, -0.15) is 0 Å². The lowest BCUT2D eigenvalue weighted by Gasteiger charge is -2.32. The Morgan fingerprint density at radius 1 is 1.42 bits per heavy atom. The van der Waals surface area contributed by atoms with Crippen LogP contribution in [0.1, 0.15) is 30.1 Å². The van der Waals surface area contributed by atoms with Crippen molar-refractivity contribution in [1.82, 2.24) is 4.90 Å². The molecular formula is C15H21FN2O. The molecule has 3 nitrogen and oxygen atoms in total. The quantitative estimate of drug-likeness (QED) is 0.784. The van der Waals surface area contributed by atoms with Crippen molar-refractivity contribution in [2.45, 2.75) is 25.8 Å². The lowest BCUT2D eigenvalue weighted by atomic mass is 10.1. The number of nitrogens with zero attached hydrogens (tertiary/aromatic N) is 2. The van der Waals surface area contributed by atoms with Gasteiger partial charge in [0.25, 0.3) is 0 Å². The molecule has 19 heavy (non-hydrogen) atoms. The Hall–Kier alpha value is -1.42. The van der Waals surface area contributed by atoms with Crippen molar-refractivity contribution in [3.63, 3.8) is 0 Å². The van der Waals surface area contributed by atoms with Crippen molar-refractivity contribution in [3.8, 4) is 0 Å². The zero-order valence-electron chi connectivity index (χ0n) is 11.6. The van der Waals surface area contributed by atoms with Gasteiger partial charge >= 0.3 is 0 Å². The summed E-state index contributed by atoms with van der Waals surface area (Å²) in [5, 5.41) is 0. The summed E-state index contributed by atoms with van der Waals surface area (Å²) in [6.45, 7) is 4.99. The number of carbonyl (C=O) groups is 1. The van der Waals surface area contributed by atoms with Crippen LogP contribution in [0.15, 0.2) is 18.2 Å². The second-order valence-electron chi connectivity index (χ2n) is 5.20. The summed E-state index contributed by atoms with van der Waals surface area (Å²) in [5.74, 6) is -0.299. The molecule has 0 aliphatic carbocycles. The molecule has 2 rings (SSSR count). The molecule has 104 valence electrons. The van der Waals surface area contributed by atoms with E-state index in [0.717, 1.165) is 32.5 Å². The maximum atomic E-state index is 14.1. The van der Waals surface area contributed by atoms with Gasteiger partial charge < -0.3 is 9.80 Å². The number of rotatable bonds is 3. The molecule has 0 bridgehead atoms. The van der Waals surface area contributed by atoms with Gasteiger partial charge in [0.15, 0.2) is 0 Å². The third-order valence-electron chi connectivity index (χ3n) is 3.79. The molecule has 0 saturated carbocycles. The van der Waals surface area contributed by atoms with Gasteiger partial charge in [0.1, 0.15) is 12.1 Å². The van der Waals surface area contributed by atoms with Gasteiger partial charge in [-0.25, -0.2) is 4.39 Å². The molecule has 1 saturated heterocycles. The molecule has 1 aliphatic rings. The summed E-state index contributed by atoms with van der Waals surface area (Å²) in [5.41, 5.74) is 1.01. The summed E-state index contributed by atoms with van der Waals surface area (Å²) in [7, 11) is 2.11. The Labute approximate surface area is 114 Å². The van der Waals surface area contributed by atoms with Crippen molar-refractivity contribution < 1.29 is 9.18 Å². The van der Waals surface area contributed by atoms with Crippen LogP contribution in [0.25, 0.3) is 0 Å². The molecule has 1 heterocycles. The van der Waals surface area contributed by atoms with Crippen LogP contribution in [0, 0.1) is 5.82 Å². The van der Waals surface area contributed by atoms with Crippen LogP contribution >= 0.6 is 0 Å². The molecule has 0 radical (unpaired) electrons. The molecule has 0 spiro atoms. The van der Waals surface area contributed by atoms with Crippen molar-refractivity contribution in [2.24, 2.45) is 0 Å². The van der Waals surface area contributed by atoms with Crippen LogP contribution in [-0.4, -0.2) is 43.9 Å². The summed E-state index contributed by atoms with van der Waals surface area (Å²) >= 11 is 0. The van der Waals surface area contributed by atoms with E-state index in [9.17, 15) is 9.18 Å². The van der Waals surface area contributed by atoms with Gasteiger partial charge in [-0.05, 0) is 44.6 Å². The number of hydrogen-bond donors (Lipinski definition) is 0. The fourth-order valence-electron chi connectivity index (χ4n) is 2.74. The Bertz CT molecular complexity index is 450. The van der Waals surface area contributed by atoms with Gasteiger partial charge in [0.2, 0.25) is 0 Å². The van der Waals surface area contributed by atoms with E-state index in [1.54, 1.807) is 12.1 Å². The molecular weight excluding hydrogens is 243 g/mol. The molecule has 0 N–H and O–H groups in total. The topological polar surface area (TPSA) is 23.6 Å². The van der Waals surface area contributed by atoms with Gasteiger partial charge in [0.05, 0.1) is 5.69 Å². The Morgan fingerprint density at radius 2 is 2.21 bits per heavy atom. The number of aldehydes is 1. The zero-order valence-corrected chi connectivity index (χ0v) is 11.6. The standard InChI is InChI=1S/C15H21FN2O/c1-3-13-10-17(2)7-4-8-18(13)15-6-5-12(11-19)9-14(15)16/h5-6,9,11,13H,3-4,7-8,10H2,1-2H3. The van der Waals surface area contributed by atoms with E-state index in [1.807, 2.05) is 0 Å². The van der Waals surface area contributed by atoms with E-state index in [1.165, 1.54) is 6.07 Å². The fraction of sp³-hybridized carbons (Fsp3) is 0.533. The second-order valence-corrected chi connectivity index (χ2v) is 5.20. The Morgan fingerprint density at radius 3 is 2.84 bits per heavy atom. The summed E-state index contributed by atoms with van der Waals surface area (Å²) in [6.07, 6.45) is 2.70. The van der Waals surface area contributed by atoms with Crippen molar-refractivity contribution in [1.29, 1.82) is 0 Å². The molecule has 1 atom stereocenters. The van der Waals surface area contributed by atoms with Gasteiger partial charge in [0, 0.05) is 24.7 Å². The highest BCUT2D eigenvalue weighted by molar-refractivity contribution is 5.76. The maximum absolute atomic E-state index is 14.1. The maximum Gasteiger partial charge on any atom is 0.150 e. The normalized spacial score (nSPS) is 21.2. The number of carbonyl (C=O) groups excluding carboxylic acids is 1. The van der Waals surface area contributed by atoms with Crippen molar-refractivity contribution in [3.05, 3.63) is 29.6 Å². The highest BCUT2D eigenvalue weighted by Crippen LogP contribution is 2.25. The molecule has 4 heteroatoms. The van der Waals surface area contributed by atoms with Gasteiger partial charge in [-0.15, -0.1) is 0 Å². The van der Waals surface area contributed by atoms with Crippen LogP contribution in [-0.2, 0) is 0 Å². The van der Waals surface area contributed by atoms with Crippen LogP contribution in [0.5, 0.6) is 0 Å². The summed E-state index contributed by atoms with van der Waals surface area (Å²) in [4.78, 5) is 15.1. The fourth-order valence-corrected chi connectivity index (χ4v) is 2.74.